The Morgan fingerprint density at radius 2 is 1.91 bits per heavy atom. The molecule has 0 saturated carbocycles. The monoisotopic (exact) mass is 435 g/mol. The number of fused-ring (bicyclic) bond motifs is 1. The number of aliphatic hydroxyl groups excluding tert-OH is 1. The highest BCUT2D eigenvalue weighted by Gasteiger charge is 2.54. The fourth-order valence-corrected chi connectivity index (χ4v) is 4.47. The van der Waals surface area contributed by atoms with E-state index in [1.54, 1.807) is 4.90 Å². The number of amides is 3. The Kier molecular flexibility index (Phi) is 6.42. The van der Waals surface area contributed by atoms with E-state index in [1.165, 1.54) is 29.2 Å². The summed E-state index contributed by atoms with van der Waals surface area (Å²) in [5, 5.41) is 12.6. The highest BCUT2D eigenvalue weighted by Crippen LogP contribution is 2.43. The van der Waals surface area contributed by atoms with E-state index < -0.39 is 6.03 Å². The Morgan fingerprint density at radius 1 is 1.19 bits per heavy atom. The zero-order valence-corrected chi connectivity index (χ0v) is 17.9. The third kappa shape index (κ3) is 4.32. The van der Waals surface area contributed by atoms with Gasteiger partial charge < -0.3 is 20.2 Å². The number of carbonyl (C=O) groups excluding carboxylic acids is 2. The van der Waals surface area contributed by atoms with Gasteiger partial charge in [0.1, 0.15) is 12.4 Å². The number of carbonyl (C=O) groups is 2. The lowest BCUT2D eigenvalue weighted by Crippen LogP contribution is -2.73. The van der Waals surface area contributed by atoms with Crippen molar-refractivity contribution in [3.05, 3.63) is 65.5 Å². The lowest BCUT2D eigenvalue weighted by atomic mass is 9.73. The molecule has 32 heavy (non-hydrogen) atoms. The molecule has 2 aliphatic rings. The standard InChI is InChI=1S/C25H26FN3O3/c1-2-3-4-5-17-6-8-18(9-7-17)24-21-14-28(15-23(31)29(21)22(24)16-30)25(32)27-20-12-10-19(26)11-13-20/h6-13,21-22,24,30H,2-3,14-16H2,1H3,(H,27,32)/t21-,22-,24-/m0/s1. The van der Waals surface area contributed by atoms with Crippen molar-refractivity contribution in [2.75, 3.05) is 25.0 Å². The summed E-state index contributed by atoms with van der Waals surface area (Å²) in [5.41, 5.74) is 2.41. The molecule has 2 N–H and O–H groups in total. The molecule has 0 bridgehead atoms. The molecular formula is C25H26FN3O3. The van der Waals surface area contributed by atoms with Crippen LogP contribution >= 0.6 is 0 Å². The normalized spacial score (nSPS) is 21.8. The topological polar surface area (TPSA) is 72.9 Å². The molecule has 166 valence electrons. The van der Waals surface area contributed by atoms with Gasteiger partial charge in [-0.3, -0.25) is 4.79 Å². The summed E-state index contributed by atoms with van der Waals surface area (Å²) >= 11 is 0. The van der Waals surface area contributed by atoms with Gasteiger partial charge in [0, 0.05) is 30.1 Å². The lowest BCUT2D eigenvalue weighted by molar-refractivity contribution is -0.159. The van der Waals surface area contributed by atoms with Gasteiger partial charge in [0.25, 0.3) is 0 Å². The molecule has 2 aliphatic heterocycles. The Morgan fingerprint density at radius 3 is 2.56 bits per heavy atom. The van der Waals surface area contributed by atoms with Crippen LogP contribution in [0.5, 0.6) is 0 Å². The van der Waals surface area contributed by atoms with Gasteiger partial charge in [-0.15, -0.1) is 0 Å². The number of rotatable bonds is 4. The van der Waals surface area contributed by atoms with Crippen molar-refractivity contribution in [3.63, 3.8) is 0 Å². The van der Waals surface area contributed by atoms with Crippen molar-refractivity contribution < 1.29 is 19.1 Å². The number of halogens is 1. The first-order valence-corrected chi connectivity index (χ1v) is 10.8. The molecular weight excluding hydrogens is 409 g/mol. The van der Waals surface area contributed by atoms with Gasteiger partial charge in [-0.25, -0.2) is 9.18 Å². The molecule has 3 atom stereocenters. The molecule has 7 heteroatoms. The van der Waals surface area contributed by atoms with Gasteiger partial charge >= 0.3 is 6.03 Å². The van der Waals surface area contributed by atoms with Gasteiger partial charge in [-0.2, -0.15) is 0 Å². The minimum atomic E-state index is -0.405. The fraction of sp³-hybridized carbons (Fsp3) is 0.360. The van der Waals surface area contributed by atoms with Crippen molar-refractivity contribution in [1.82, 2.24) is 9.80 Å². The van der Waals surface area contributed by atoms with Gasteiger partial charge in [0.15, 0.2) is 0 Å². The van der Waals surface area contributed by atoms with Crippen LogP contribution in [0, 0.1) is 17.7 Å². The van der Waals surface area contributed by atoms with E-state index in [9.17, 15) is 19.1 Å². The third-order valence-corrected chi connectivity index (χ3v) is 6.04. The van der Waals surface area contributed by atoms with Crippen LogP contribution in [-0.2, 0) is 4.79 Å². The maximum absolute atomic E-state index is 13.1. The number of nitrogens with zero attached hydrogens (tertiary/aromatic N) is 2. The maximum atomic E-state index is 13.1. The van der Waals surface area contributed by atoms with E-state index in [2.05, 4.69) is 24.1 Å². The predicted molar refractivity (Wildman–Crippen MR) is 119 cm³/mol. The fourth-order valence-electron chi connectivity index (χ4n) is 4.47. The first-order valence-electron chi connectivity index (χ1n) is 10.8. The summed E-state index contributed by atoms with van der Waals surface area (Å²) in [6.07, 6.45) is 1.87. The van der Waals surface area contributed by atoms with Crippen LogP contribution < -0.4 is 5.32 Å². The lowest BCUT2D eigenvalue weighted by Gasteiger charge is -2.58. The van der Waals surface area contributed by atoms with Crippen LogP contribution in [0.2, 0.25) is 0 Å². The molecule has 0 radical (unpaired) electrons. The molecule has 4 rings (SSSR count). The van der Waals surface area contributed by atoms with Crippen molar-refractivity contribution in [1.29, 1.82) is 0 Å². The smallest absolute Gasteiger partial charge is 0.322 e. The summed E-state index contributed by atoms with van der Waals surface area (Å²) < 4.78 is 13.1. The van der Waals surface area contributed by atoms with Crippen LogP contribution in [0.25, 0.3) is 0 Å². The number of hydrogen-bond donors (Lipinski definition) is 2. The molecule has 0 spiro atoms. The summed E-state index contributed by atoms with van der Waals surface area (Å²) in [4.78, 5) is 28.6. The molecule has 3 amide bonds. The second kappa shape index (κ2) is 9.41. The molecule has 2 aromatic carbocycles. The molecule has 2 heterocycles. The van der Waals surface area contributed by atoms with Crippen LogP contribution in [-0.4, -0.2) is 58.6 Å². The van der Waals surface area contributed by atoms with Gasteiger partial charge in [-0.05, 0) is 48.4 Å². The van der Waals surface area contributed by atoms with E-state index in [0.717, 1.165) is 24.0 Å². The first-order chi connectivity index (χ1) is 15.5. The zero-order chi connectivity index (χ0) is 22.7. The van der Waals surface area contributed by atoms with E-state index in [4.69, 9.17) is 0 Å². The first kappa shape index (κ1) is 21.8. The zero-order valence-electron chi connectivity index (χ0n) is 17.9. The van der Waals surface area contributed by atoms with Gasteiger partial charge in [-0.1, -0.05) is 30.9 Å². The highest BCUT2D eigenvalue weighted by molar-refractivity contribution is 5.93. The van der Waals surface area contributed by atoms with Crippen LogP contribution in [0.1, 0.15) is 36.8 Å². The number of benzene rings is 2. The third-order valence-electron chi connectivity index (χ3n) is 6.04. The molecule has 2 fully saturated rings. The van der Waals surface area contributed by atoms with Crippen LogP contribution in [0.15, 0.2) is 48.5 Å². The summed E-state index contributed by atoms with van der Waals surface area (Å²) in [7, 11) is 0. The SMILES string of the molecule is CCCC#Cc1ccc([C@@H]2[C@H](CO)N3C(=O)CN(C(=O)Nc4ccc(F)cc4)C[C@@H]23)cc1. The number of urea groups is 1. The van der Waals surface area contributed by atoms with E-state index in [-0.39, 0.29) is 42.9 Å². The largest absolute Gasteiger partial charge is 0.394 e. The minimum Gasteiger partial charge on any atom is -0.394 e. The Balaban J connectivity index is 1.48. The van der Waals surface area contributed by atoms with Gasteiger partial charge in [0.05, 0.1) is 18.7 Å². The number of nitrogens with one attached hydrogen (secondary N) is 1. The van der Waals surface area contributed by atoms with Crippen molar-refractivity contribution in [2.45, 2.75) is 37.8 Å². The number of anilines is 1. The van der Waals surface area contributed by atoms with Crippen LogP contribution in [0.3, 0.4) is 0 Å². The van der Waals surface area contributed by atoms with E-state index in [0.29, 0.717) is 12.2 Å². The minimum absolute atomic E-state index is 0.0568. The predicted octanol–water partition coefficient (Wildman–Crippen LogP) is 3.18. The molecule has 0 aromatic heterocycles. The Bertz CT molecular complexity index is 1040. The number of aliphatic hydroxyl groups is 1. The summed E-state index contributed by atoms with van der Waals surface area (Å²) in [6, 6.07) is 12.5. The maximum Gasteiger partial charge on any atom is 0.322 e. The highest BCUT2D eigenvalue weighted by atomic mass is 19.1. The second-order valence-electron chi connectivity index (χ2n) is 8.14. The number of unbranched alkanes of at least 4 members (excludes halogenated alkanes) is 1. The molecule has 2 aromatic rings. The quantitative estimate of drug-likeness (QED) is 0.725. The average molecular weight is 435 g/mol. The molecule has 6 nitrogen and oxygen atoms in total. The number of hydrogen-bond acceptors (Lipinski definition) is 3. The van der Waals surface area contributed by atoms with Gasteiger partial charge in [0.2, 0.25) is 5.91 Å². The van der Waals surface area contributed by atoms with E-state index in [1.807, 2.05) is 24.3 Å². The molecule has 0 unspecified atom stereocenters. The van der Waals surface area contributed by atoms with Crippen molar-refractivity contribution in [2.24, 2.45) is 0 Å². The second-order valence-corrected chi connectivity index (χ2v) is 8.14. The molecule has 2 saturated heterocycles. The molecule has 0 aliphatic carbocycles. The van der Waals surface area contributed by atoms with Crippen molar-refractivity contribution >= 4 is 17.6 Å². The number of piperazine rings is 1. The summed E-state index contributed by atoms with van der Waals surface area (Å²) in [6.45, 7) is 2.26. The van der Waals surface area contributed by atoms with Crippen molar-refractivity contribution in [3.8, 4) is 11.8 Å². The Labute approximate surface area is 187 Å². The van der Waals surface area contributed by atoms with Crippen LogP contribution in [0.4, 0.5) is 14.9 Å². The van der Waals surface area contributed by atoms with E-state index >= 15 is 0 Å². The Hall–Kier alpha value is -3.37. The average Bonchev–Trinajstić information content (AvgIpc) is 2.78. The summed E-state index contributed by atoms with van der Waals surface area (Å²) in [5.74, 6) is 5.62.